The van der Waals surface area contributed by atoms with Gasteiger partial charge in [0.2, 0.25) is 5.91 Å². The van der Waals surface area contributed by atoms with Gasteiger partial charge in [0.05, 0.1) is 0 Å². The number of alkyl halides is 3. The van der Waals surface area contributed by atoms with E-state index < -0.39 is 12.3 Å². The minimum Gasteiger partial charge on any atom is -0.457 e. The van der Waals surface area contributed by atoms with Crippen LogP contribution in [0, 0.1) is 0 Å². The zero-order valence-corrected chi connectivity index (χ0v) is 10.6. The van der Waals surface area contributed by atoms with Crippen molar-refractivity contribution in [3.05, 3.63) is 48.2 Å². The van der Waals surface area contributed by atoms with Crippen LogP contribution in [-0.2, 0) is 4.79 Å². The molecule has 0 saturated carbocycles. The standard InChI is InChI=1S/C14H10F3NO3/c15-14(16,17)21-11-3-1-9(2-4-11)12-7-5-10(20-12)6-8-13(18)19/h1-8H,(H2,18,19)/b8-6+. The second kappa shape index (κ2) is 5.74. The van der Waals surface area contributed by atoms with Crippen molar-refractivity contribution in [1.29, 1.82) is 0 Å². The molecule has 1 heterocycles. The van der Waals surface area contributed by atoms with Gasteiger partial charge in [-0.25, -0.2) is 0 Å². The fourth-order valence-electron chi connectivity index (χ4n) is 1.58. The monoisotopic (exact) mass is 297 g/mol. The number of furan rings is 1. The molecule has 1 aromatic heterocycles. The highest BCUT2D eigenvalue weighted by Gasteiger charge is 2.30. The second-order valence-corrected chi connectivity index (χ2v) is 4.01. The Morgan fingerprint density at radius 1 is 1.14 bits per heavy atom. The van der Waals surface area contributed by atoms with Crippen molar-refractivity contribution in [3.8, 4) is 17.1 Å². The van der Waals surface area contributed by atoms with Gasteiger partial charge < -0.3 is 14.9 Å². The van der Waals surface area contributed by atoms with Crippen LogP contribution >= 0.6 is 0 Å². The highest BCUT2D eigenvalue weighted by atomic mass is 19.4. The molecule has 2 rings (SSSR count). The number of carbonyl (C=O) groups is 1. The molecule has 1 amide bonds. The number of hydrogen-bond donors (Lipinski definition) is 1. The molecule has 0 fully saturated rings. The topological polar surface area (TPSA) is 65.5 Å². The zero-order valence-electron chi connectivity index (χ0n) is 10.6. The van der Waals surface area contributed by atoms with Gasteiger partial charge in [-0.15, -0.1) is 13.2 Å². The van der Waals surface area contributed by atoms with E-state index in [2.05, 4.69) is 4.74 Å². The van der Waals surface area contributed by atoms with Gasteiger partial charge in [0.15, 0.2) is 0 Å². The maximum absolute atomic E-state index is 12.0. The number of rotatable bonds is 4. The highest BCUT2D eigenvalue weighted by molar-refractivity contribution is 5.89. The summed E-state index contributed by atoms with van der Waals surface area (Å²) in [4.78, 5) is 10.6. The van der Waals surface area contributed by atoms with Gasteiger partial charge in [-0.1, -0.05) is 0 Å². The van der Waals surface area contributed by atoms with Crippen molar-refractivity contribution in [3.63, 3.8) is 0 Å². The third-order valence-electron chi connectivity index (χ3n) is 2.41. The molecular weight excluding hydrogens is 287 g/mol. The molecule has 0 aliphatic carbocycles. The lowest BCUT2D eigenvalue weighted by atomic mass is 10.2. The molecule has 0 aliphatic heterocycles. The van der Waals surface area contributed by atoms with Crippen molar-refractivity contribution in [2.75, 3.05) is 0 Å². The van der Waals surface area contributed by atoms with Crippen LogP contribution in [0.5, 0.6) is 5.75 Å². The van der Waals surface area contributed by atoms with Gasteiger partial charge in [0.25, 0.3) is 0 Å². The van der Waals surface area contributed by atoms with Crippen LogP contribution in [0.2, 0.25) is 0 Å². The summed E-state index contributed by atoms with van der Waals surface area (Å²) >= 11 is 0. The molecule has 0 saturated heterocycles. The van der Waals surface area contributed by atoms with E-state index in [1.165, 1.54) is 30.3 Å². The van der Waals surface area contributed by atoms with Gasteiger partial charge in [-0.2, -0.15) is 0 Å². The van der Waals surface area contributed by atoms with Crippen molar-refractivity contribution in [1.82, 2.24) is 0 Å². The normalized spacial score (nSPS) is 11.8. The van der Waals surface area contributed by atoms with Crippen LogP contribution in [0.1, 0.15) is 5.76 Å². The van der Waals surface area contributed by atoms with E-state index in [9.17, 15) is 18.0 Å². The number of halogens is 3. The molecule has 0 aliphatic rings. The van der Waals surface area contributed by atoms with Gasteiger partial charge in [-0.3, -0.25) is 4.79 Å². The third kappa shape index (κ3) is 4.41. The first-order valence-corrected chi connectivity index (χ1v) is 5.77. The Morgan fingerprint density at radius 3 is 2.38 bits per heavy atom. The van der Waals surface area contributed by atoms with E-state index in [0.717, 1.165) is 6.08 Å². The molecule has 0 atom stereocenters. The van der Waals surface area contributed by atoms with E-state index in [-0.39, 0.29) is 5.75 Å². The van der Waals surface area contributed by atoms with Crippen LogP contribution < -0.4 is 10.5 Å². The summed E-state index contributed by atoms with van der Waals surface area (Å²) in [5.74, 6) is -0.0784. The molecule has 0 spiro atoms. The number of nitrogens with two attached hydrogens (primary N) is 1. The molecule has 0 bridgehead atoms. The maximum atomic E-state index is 12.0. The molecule has 4 nitrogen and oxygen atoms in total. The number of primary amides is 1. The van der Waals surface area contributed by atoms with E-state index >= 15 is 0 Å². The van der Waals surface area contributed by atoms with Crippen molar-refractivity contribution in [2.24, 2.45) is 5.73 Å². The SMILES string of the molecule is NC(=O)/C=C/c1ccc(-c2ccc(OC(F)(F)F)cc2)o1. The van der Waals surface area contributed by atoms with Gasteiger partial charge in [0.1, 0.15) is 17.3 Å². The Kier molecular flexibility index (Phi) is 4.02. The molecule has 0 radical (unpaired) electrons. The van der Waals surface area contributed by atoms with Crippen LogP contribution in [0.3, 0.4) is 0 Å². The summed E-state index contributed by atoms with van der Waals surface area (Å²) < 4.78 is 45.3. The smallest absolute Gasteiger partial charge is 0.457 e. The van der Waals surface area contributed by atoms with Gasteiger partial charge in [-0.05, 0) is 42.5 Å². The number of benzene rings is 1. The Labute approximate surface area is 117 Å². The molecule has 2 N–H and O–H groups in total. The third-order valence-corrected chi connectivity index (χ3v) is 2.41. The van der Waals surface area contributed by atoms with Crippen molar-refractivity contribution < 1.29 is 27.1 Å². The quantitative estimate of drug-likeness (QED) is 0.880. The number of carbonyl (C=O) groups excluding carboxylic acids is 1. The van der Waals surface area contributed by atoms with E-state index in [1.807, 2.05) is 0 Å². The largest absolute Gasteiger partial charge is 0.573 e. The number of amides is 1. The fourth-order valence-corrected chi connectivity index (χ4v) is 1.58. The maximum Gasteiger partial charge on any atom is 0.573 e. The van der Waals surface area contributed by atoms with E-state index in [4.69, 9.17) is 10.2 Å². The van der Waals surface area contributed by atoms with Crippen LogP contribution in [0.4, 0.5) is 13.2 Å². The predicted molar refractivity (Wildman–Crippen MR) is 69.1 cm³/mol. The summed E-state index contributed by atoms with van der Waals surface area (Å²) in [6.07, 6.45) is -2.19. The van der Waals surface area contributed by atoms with Crippen LogP contribution in [0.25, 0.3) is 17.4 Å². The first-order chi connectivity index (χ1) is 9.83. The average Bonchev–Trinajstić information content (AvgIpc) is 2.84. The molecule has 2 aromatic rings. The molecule has 7 heteroatoms. The number of hydrogen-bond acceptors (Lipinski definition) is 3. The molecule has 0 unspecified atom stereocenters. The Balaban J connectivity index is 2.14. The Hall–Kier alpha value is -2.70. The van der Waals surface area contributed by atoms with E-state index in [1.54, 1.807) is 12.1 Å². The Bertz CT molecular complexity index is 657. The van der Waals surface area contributed by atoms with Crippen LogP contribution in [0.15, 0.2) is 46.9 Å². The number of ether oxygens (including phenoxy) is 1. The minimum atomic E-state index is -4.72. The summed E-state index contributed by atoms with van der Waals surface area (Å²) in [6.45, 7) is 0. The Morgan fingerprint density at radius 2 is 1.81 bits per heavy atom. The molecular formula is C14H10F3NO3. The van der Waals surface area contributed by atoms with Gasteiger partial charge in [0, 0.05) is 11.6 Å². The van der Waals surface area contributed by atoms with Crippen molar-refractivity contribution >= 4 is 12.0 Å². The van der Waals surface area contributed by atoms with E-state index in [0.29, 0.717) is 17.1 Å². The lowest BCUT2D eigenvalue weighted by Gasteiger charge is -2.08. The lowest BCUT2D eigenvalue weighted by molar-refractivity contribution is -0.274. The molecule has 21 heavy (non-hydrogen) atoms. The minimum absolute atomic E-state index is 0.313. The second-order valence-electron chi connectivity index (χ2n) is 4.01. The molecule has 110 valence electrons. The average molecular weight is 297 g/mol. The first-order valence-electron chi connectivity index (χ1n) is 5.77. The zero-order chi connectivity index (χ0) is 15.5. The predicted octanol–water partition coefficient (Wildman–Crippen LogP) is 3.34. The fraction of sp³-hybridized carbons (Fsp3) is 0.0714. The van der Waals surface area contributed by atoms with Gasteiger partial charge >= 0.3 is 6.36 Å². The lowest BCUT2D eigenvalue weighted by Crippen LogP contribution is -2.16. The summed E-state index contributed by atoms with van der Waals surface area (Å²) in [7, 11) is 0. The summed E-state index contributed by atoms with van der Waals surface area (Å²) in [6, 6.07) is 8.46. The summed E-state index contributed by atoms with van der Waals surface area (Å²) in [5.41, 5.74) is 5.52. The highest BCUT2D eigenvalue weighted by Crippen LogP contribution is 2.27. The summed E-state index contributed by atoms with van der Waals surface area (Å²) in [5, 5.41) is 0. The first kappa shape index (κ1) is 14.7. The van der Waals surface area contributed by atoms with Crippen molar-refractivity contribution in [2.45, 2.75) is 6.36 Å². The van der Waals surface area contributed by atoms with Crippen LogP contribution in [-0.4, -0.2) is 12.3 Å². The molecule has 1 aromatic carbocycles.